The number of hydrogen-bond donors (Lipinski definition) is 2. The summed E-state index contributed by atoms with van der Waals surface area (Å²) in [5.41, 5.74) is -1.08. The molecule has 0 radical (unpaired) electrons. The van der Waals surface area contributed by atoms with Crippen molar-refractivity contribution < 1.29 is 32.9 Å². The fourth-order valence-corrected chi connectivity index (χ4v) is 1.56. The van der Waals surface area contributed by atoms with E-state index >= 15 is 0 Å². The van der Waals surface area contributed by atoms with Gasteiger partial charge in [-0.1, -0.05) is 15.9 Å². The van der Waals surface area contributed by atoms with Gasteiger partial charge in [-0.15, -0.1) is 13.2 Å². The van der Waals surface area contributed by atoms with E-state index in [9.17, 15) is 23.1 Å². The zero-order valence-corrected chi connectivity index (χ0v) is 9.54. The minimum absolute atomic E-state index is 0.215. The third-order valence-electron chi connectivity index (χ3n) is 1.68. The Labute approximate surface area is 101 Å². The van der Waals surface area contributed by atoms with Gasteiger partial charge in [-0.05, 0) is 0 Å². The average molecular weight is 316 g/mol. The summed E-state index contributed by atoms with van der Waals surface area (Å²) in [5.74, 6) is -3.17. The van der Waals surface area contributed by atoms with Gasteiger partial charge >= 0.3 is 12.3 Å². The summed E-state index contributed by atoms with van der Waals surface area (Å²) in [6.45, 7) is 0. The van der Waals surface area contributed by atoms with Crippen LogP contribution < -0.4 is 4.74 Å². The number of carboxylic acids is 1. The highest BCUT2D eigenvalue weighted by Crippen LogP contribution is 2.34. The summed E-state index contributed by atoms with van der Waals surface area (Å²) in [7, 11) is 0. The smallest absolute Gasteiger partial charge is 0.505 e. The lowest BCUT2D eigenvalue weighted by Gasteiger charge is -2.13. The van der Waals surface area contributed by atoms with Crippen LogP contribution in [0.2, 0.25) is 0 Å². The molecule has 9 heteroatoms. The van der Waals surface area contributed by atoms with Gasteiger partial charge in [0.15, 0.2) is 17.2 Å². The topological polar surface area (TPSA) is 79.7 Å². The first-order valence-corrected chi connectivity index (χ1v) is 5.14. The maximum Gasteiger partial charge on any atom is 0.573 e. The second-order valence-corrected chi connectivity index (χ2v) is 3.35. The van der Waals surface area contributed by atoms with Gasteiger partial charge in [-0.2, -0.15) is 0 Å². The number of hydrogen-bond acceptors (Lipinski definition) is 4. The lowest BCUT2D eigenvalue weighted by Crippen LogP contribution is -2.18. The number of nitrogens with zero attached hydrogens (tertiary/aromatic N) is 1. The summed E-state index contributed by atoms with van der Waals surface area (Å²) in [6.07, 6.45) is -4.36. The number of alkyl halides is 4. The molecular weight excluding hydrogens is 311 g/mol. The van der Waals surface area contributed by atoms with Crippen molar-refractivity contribution in [3.05, 3.63) is 17.5 Å². The van der Waals surface area contributed by atoms with Crippen molar-refractivity contribution >= 4 is 21.9 Å². The molecule has 0 amide bonds. The van der Waals surface area contributed by atoms with Crippen LogP contribution in [0.15, 0.2) is 6.20 Å². The Balaban J connectivity index is 3.26. The van der Waals surface area contributed by atoms with E-state index in [0.717, 1.165) is 0 Å². The van der Waals surface area contributed by atoms with E-state index in [2.05, 4.69) is 25.7 Å². The quantitative estimate of drug-likeness (QED) is 0.836. The molecule has 0 aromatic carbocycles. The Kier molecular flexibility index (Phi) is 3.81. The molecule has 0 atom stereocenters. The van der Waals surface area contributed by atoms with E-state index in [4.69, 9.17) is 5.11 Å². The maximum atomic E-state index is 12.0. The molecule has 0 unspecified atom stereocenters. The van der Waals surface area contributed by atoms with Crippen molar-refractivity contribution in [3.8, 4) is 11.5 Å². The van der Waals surface area contributed by atoms with Crippen molar-refractivity contribution in [3.63, 3.8) is 0 Å². The third kappa shape index (κ3) is 3.22. The number of aromatic hydroxyl groups is 1. The van der Waals surface area contributed by atoms with Gasteiger partial charge in [-0.3, -0.25) is 0 Å². The second kappa shape index (κ2) is 4.78. The van der Waals surface area contributed by atoms with Crippen LogP contribution in [0.4, 0.5) is 13.2 Å². The number of rotatable bonds is 3. The first-order chi connectivity index (χ1) is 7.76. The molecule has 0 aliphatic carbocycles. The number of aromatic nitrogens is 1. The van der Waals surface area contributed by atoms with Crippen molar-refractivity contribution in [1.82, 2.24) is 4.98 Å². The molecule has 2 N–H and O–H groups in total. The number of carbonyl (C=O) groups is 1. The van der Waals surface area contributed by atoms with Crippen LogP contribution in [0.25, 0.3) is 0 Å². The highest BCUT2D eigenvalue weighted by atomic mass is 79.9. The van der Waals surface area contributed by atoms with Gasteiger partial charge in [0, 0.05) is 5.33 Å². The van der Waals surface area contributed by atoms with Gasteiger partial charge < -0.3 is 14.9 Å². The highest BCUT2D eigenvalue weighted by Gasteiger charge is 2.33. The molecule has 0 spiro atoms. The standard InChI is InChI=1S/C8H5BrF3NO4/c9-1-3-4(17-8(10,11)12)2-13-5(6(3)14)7(15)16/h2,14H,1H2,(H,15,16). The van der Waals surface area contributed by atoms with E-state index in [1.165, 1.54) is 0 Å². The number of carboxylic acid groups (broad SMARTS) is 1. The van der Waals surface area contributed by atoms with Crippen LogP contribution in [0.5, 0.6) is 11.5 Å². The fourth-order valence-electron chi connectivity index (χ4n) is 1.02. The monoisotopic (exact) mass is 315 g/mol. The van der Waals surface area contributed by atoms with Gasteiger partial charge in [0.05, 0.1) is 11.8 Å². The minimum Gasteiger partial charge on any atom is -0.505 e. The SMILES string of the molecule is O=C(O)c1ncc(OC(F)(F)F)c(CBr)c1O. The number of pyridine rings is 1. The predicted octanol–water partition coefficient (Wildman–Crippen LogP) is 2.28. The largest absolute Gasteiger partial charge is 0.573 e. The summed E-state index contributed by atoms with van der Waals surface area (Å²) in [4.78, 5) is 13.8. The summed E-state index contributed by atoms with van der Waals surface area (Å²) < 4.78 is 39.5. The van der Waals surface area contributed by atoms with Crippen molar-refractivity contribution in [2.45, 2.75) is 11.7 Å². The van der Waals surface area contributed by atoms with Crippen molar-refractivity contribution in [2.75, 3.05) is 0 Å². The Morgan fingerprint density at radius 2 is 2.12 bits per heavy atom. The number of aromatic carboxylic acids is 1. The zero-order chi connectivity index (χ0) is 13.2. The molecule has 0 bridgehead atoms. The predicted molar refractivity (Wildman–Crippen MR) is 52.2 cm³/mol. The van der Waals surface area contributed by atoms with E-state index in [0.29, 0.717) is 6.20 Å². The van der Waals surface area contributed by atoms with Gasteiger partial charge in [0.25, 0.3) is 0 Å². The second-order valence-electron chi connectivity index (χ2n) is 2.78. The molecule has 5 nitrogen and oxygen atoms in total. The Bertz CT molecular complexity index is 449. The Morgan fingerprint density at radius 1 is 1.53 bits per heavy atom. The number of halogens is 4. The van der Waals surface area contributed by atoms with Crippen LogP contribution in [0.1, 0.15) is 16.1 Å². The summed E-state index contributed by atoms with van der Waals surface area (Å²) in [5, 5.41) is 17.8. The number of ether oxygens (including phenoxy) is 1. The van der Waals surface area contributed by atoms with E-state index < -0.39 is 29.5 Å². The molecule has 0 aliphatic heterocycles. The molecule has 1 rings (SSSR count). The normalized spacial score (nSPS) is 11.3. The summed E-state index contributed by atoms with van der Waals surface area (Å²) >= 11 is 2.82. The van der Waals surface area contributed by atoms with E-state index in [-0.39, 0.29) is 10.9 Å². The van der Waals surface area contributed by atoms with Crippen LogP contribution in [-0.4, -0.2) is 27.5 Å². The molecule has 1 heterocycles. The van der Waals surface area contributed by atoms with E-state index in [1.807, 2.05) is 0 Å². The average Bonchev–Trinajstić information content (AvgIpc) is 2.15. The minimum atomic E-state index is -4.95. The third-order valence-corrected chi connectivity index (χ3v) is 2.24. The molecule has 0 saturated carbocycles. The lowest BCUT2D eigenvalue weighted by atomic mass is 10.2. The van der Waals surface area contributed by atoms with Gasteiger partial charge in [0.2, 0.25) is 0 Å². The molecule has 0 fully saturated rings. The highest BCUT2D eigenvalue weighted by molar-refractivity contribution is 9.08. The molecule has 94 valence electrons. The van der Waals surface area contributed by atoms with Crippen LogP contribution in [0, 0.1) is 0 Å². The maximum absolute atomic E-state index is 12.0. The van der Waals surface area contributed by atoms with Crippen molar-refractivity contribution in [2.24, 2.45) is 0 Å². The fraction of sp³-hybridized carbons (Fsp3) is 0.250. The zero-order valence-electron chi connectivity index (χ0n) is 7.95. The molecule has 1 aromatic heterocycles. The first-order valence-electron chi connectivity index (χ1n) is 4.02. The van der Waals surface area contributed by atoms with Crippen LogP contribution in [-0.2, 0) is 5.33 Å². The van der Waals surface area contributed by atoms with E-state index in [1.54, 1.807) is 0 Å². The Hall–Kier alpha value is -1.51. The van der Waals surface area contributed by atoms with Crippen molar-refractivity contribution in [1.29, 1.82) is 0 Å². The Morgan fingerprint density at radius 3 is 2.53 bits per heavy atom. The summed E-state index contributed by atoms with van der Waals surface area (Å²) in [6, 6.07) is 0. The molecular formula is C8H5BrF3NO4. The van der Waals surface area contributed by atoms with Gasteiger partial charge in [0.1, 0.15) is 0 Å². The molecule has 0 saturated heterocycles. The van der Waals surface area contributed by atoms with Crippen LogP contribution in [0.3, 0.4) is 0 Å². The van der Waals surface area contributed by atoms with Gasteiger partial charge in [-0.25, -0.2) is 9.78 Å². The molecule has 0 aliphatic rings. The molecule has 1 aromatic rings. The van der Waals surface area contributed by atoms with Crippen LogP contribution >= 0.6 is 15.9 Å². The lowest BCUT2D eigenvalue weighted by molar-refractivity contribution is -0.275. The molecule has 17 heavy (non-hydrogen) atoms. The first kappa shape index (κ1) is 13.6.